The zero-order chi connectivity index (χ0) is 13.4. The van der Waals surface area contributed by atoms with Gasteiger partial charge in [0.1, 0.15) is 11.6 Å². The van der Waals surface area contributed by atoms with Crippen molar-refractivity contribution in [3.8, 4) is 10.6 Å². The van der Waals surface area contributed by atoms with E-state index in [2.05, 4.69) is 15.3 Å². The summed E-state index contributed by atoms with van der Waals surface area (Å²) in [5.74, 6) is 0.662. The SMILES string of the molecule is COCc1nnc2sc(-c3cc(N)cc(Cl)c3)nn12. The highest BCUT2D eigenvalue weighted by molar-refractivity contribution is 7.19. The number of anilines is 1. The van der Waals surface area contributed by atoms with Gasteiger partial charge < -0.3 is 10.5 Å². The zero-order valence-corrected chi connectivity index (χ0v) is 11.6. The first-order chi connectivity index (χ1) is 9.17. The molecule has 0 saturated carbocycles. The van der Waals surface area contributed by atoms with Crippen LogP contribution in [0.25, 0.3) is 15.5 Å². The summed E-state index contributed by atoms with van der Waals surface area (Å²) in [5, 5.41) is 13.9. The van der Waals surface area contributed by atoms with E-state index in [0.717, 1.165) is 10.6 Å². The molecule has 0 amide bonds. The van der Waals surface area contributed by atoms with Gasteiger partial charge in [0.05, 0.1) is 0 Å². The van der Waals surface area contributed by atoms with Gasteiger partial charge >= 0.3 is 0 Å². The van der Waals surface area contributed by atoms with Crippen LogP contribution in [0.2, 0.25) is 5.02 Å². The molecule has 3 rings (SSSR count). The number of nitrogen functional groups attached to an aromatic ring is 1. The minimum Gasteiger partial charge on any atom is -0.399 e. The molecule has 0 radical (unpaired) electrons. The molecule has 0 aliphatic heterocycles. The number of nitrogens with zero attached hydrogens (tertiary/aromatic N) is 4. The molecule has 98 valence electrons. The van der Waals surface area contributed by atoms with E-state index in [1.54, 1.807) is 17.7 Å². The van der Waals surface area contributed by atoms with Gasteiger partial charge in [-0.25, -0.2) is 0 Å². The summed E-state index contributed by atoms with van der Waals surface area (Å²) in [4.78, 5) is 0.709. The van der Waals surface area contributed by atoms with Crippen molar-refractivity contribution in [3.63, 3.8) is 0 Å². The van der Waals surface area contributed by atoms with Gasteiger partial charge in [0.25, 0.3) is 0 Å². The Morgan fingerprint density at radius 2 is 2.21 bits per heavy atom. The van der Waals surface area contributed by atoms with Crippen molar-refractivity contribution in [2.24, 2.45) is 0 Å². The Hall–Kier alpha value is -1.70. The third-order valence-electron chi connectivity index (χ3n) is 2.50. The number of fused-ring (bicyclic) bond motifs is 1. The Balaban J connectivity index is 2.10. The van der Waals surface area contributed by atoms with Crippen molar-refractivity contribution < 1.29 is 4.74 Å². The molecule has 3 aromatic rings. The largest absolute Gasteiger partial charge is 0.399 e. The van der Waals surface area contributed by atoms with Gasteiger partial charge in [0.2, 0.25) is 4.96 Å². The highest BCUT2D eigenvalue weighted by Crippen LogP contribution is 2.29. The molecule has 0 aliphatic rings. The number of ether oxygens (including phenoxy) is 1. The minimum atomic E-state index is 0.363. The van der Waals surface area contributed by atoms with Gasteiger partial charge in [-0.1, -0.05) is 22.9 Å². The summed E-state index contributed by atoms with van der Waals surface area (Å²) in [7, 11) is 1.60. The summed E-state index contributed by atoms with van der Waals surface area (Å²) in [6.45, 7) is 0.363. The first kappa shape index (κ1) is 12.3. The maximum absolute atomic E-state index is 6.00. The van der Waals surface area contributed by atoms with E-state index in [1.807, 2.05) is 12.1 Å². The number of benzene rings is 1. The fourth-order valence-electron chi connectivity index (χ4n) is 1.73. The quantitative estimate of drug-likeness (QED) is 0.750. The molecule has 0 unspecified atom stereocenters. The number of methoxy groups -OCH3 is 1. The summed E-state index contributed by atoms with van der Waals surface area (Å²) >= 11 is 7.42. The second-order valence-electron chi connectivity index (χ2n) is 3.92. The van der Waals surface area contributed by atoms with Crippen LogP contribution in [0.15, 0.2) is 18.2 Å². The van der Waals surface area contributed by atoms with Gasteiger partial charge in [-0.3, -0.25) is 0 Å². The molecule has 0 aliphatic carbocycles. The van der Waals surface area contributed by atoms with Gasteiger partial charge in [-0.15, -0.1) is 10.2 Å². The van der Waals surface area contributed by atoms with Crippen LogP contribution in [0.4, 0.5) is 5.69 Å². The molecule has 8 heteroatoms. The molecule has 0 bridgehead atoms. The Morgan fingerprint density at radius 3 is 2.95 bits per heavy atom. The lowest BCUT2D eigenvalue weighted by Crippen LogP contribution is -1.97. The number of nitrogens with two attached hydrogens (primary N) is 1. The van der Waals surface area contributed by atoms with E-state index < -0.39 is 0 Å². The number of hydrogen-bond donors (Lipinski definition) is 1. The minimum absolute atomic E-state index is 0.363. The van der Waals surface area contributed by atoms with Crippen LogP contribution in [-0.2, 0) is 11.3 Å². The monoisotopic (exact) mass is 295 g/mol. The summed E-state index contributed by atoms with van der Waals surface area (Å²) < 4.78 is 6.71. The van der Waals surface area contributed by atoms with Crippen LogP contribution >= 0.6 is 22.9 Å². The summed E-state index contributed by atoms with van der Waals surface area (Å²) in [6, 6.07) is 5.34. The fraction of sp³-hybridized carbons (Fsp3) is 0.182. The molecule has 2 aromatic heterocycles. The maximum Gasteiger partial charge on any atom is 0.235 e. The van der Waals surface area contributed by atoms with Crippen LogP contribution in [0.3, 0.4) is 0 Å². The van der Waals surface area contributed by atoms with Gasteiger partial charge in [-0.2, -0.15) is 9.61 Å². The predicted molar refractivity (Wildman–Crippen MR) is 74.2 cm³/mol. The van der Waals surface area contributed by atoms with E-state index in [0.29, 0.717) is 28.1 Å². The molecule has 6 nitrogen and oxygen atoms in total. The molecule has 19 heavy (non-hydrogen) atoms. The zero-order valence-electron chi connectivity index (χ0n) is 10.00. The standard InChI is InChI=1S/C11H10ClN5OS/c1-18-5-9-14-15-11-17(9)16-10(19-11)6-2-7(12)4-8(13)3-6/h2-4H,5,13H2,1H3. The molecular weight excluding hydrogens is 286 g/mol. The Morgan fingerprint density at radius 1 is 1.37 bits per heavy atom. The van der Waals surface area contributed by atoms with Crippen LogP contribution in [0, 0.1) is 0 Å². The van der Waals surface area contributed by atoms with Crippen LogP contribution in [-0.4, -0.2) is 26.9 Å². The van der Waals surface area contributed by atoms with Crippen LogP contribution in [0.5, 0.6) is 0 Å². The second kappa shape index (κ2) is 4.76. The van der Waals surface area contributed by atoms with Crippen molar-refractivity contribution in [2.75, 3.05) is 12.8 Å². The molecule has 2 N–H and O–H groups in total. The first-order valence-corrected chi connectivity index (χ1v) is 6.63. The smallest absolute Gasteiger partial charge is 0.235 e. The van der Waals surface area contributed by atoms with Gasteiger partial charge in [-0.05, 0) is 18.2 Å². The molecule has 1 aromatic carbocycles. The van der Waals surface area contributed by atoms with E-state index >= 15 is 0 Å². The molecule has 0 spiro atoms. The molecule has 2 heterocycles. The van der Waals surface area contributed by atoms with E-state index in [1.165, 1.54) is 11.3 Å². The molecule has 0 saturated heterocycles. The van der Waals surface area contributed by atoms with Gasteiger partial charge in [0, 0.05) is 23.4 Å². The van der Waals surface area contributed by atoms with E-state index in [4.69, 9.17) is 22.1 Å². The molecule has 0 fully saturated rings. The Labute approximate surface area is 117 Å². The highest BCUT2D eigenvalue weighted by Gasteiger charge is 2.13. The summed E-state index contributed by atoms with van der Waals surface area (Å²) in [6.07, 6.45) is 0. The van der Waals surface area contributed by atoms with Crippen molar-refractivity contribution in [1.29, 1.82) is 0 Å². The number of aromatic nitrogens is 4. The van der Waals surface area contributed by atoms with Crippen LogP contribution < -0.4 is 5.73 Å². The molecular formula is C11H10ClN5OS. The first-order valence-electron chi connectivity index (χ1n) is 5.44. The maximum atomic E-state index is 6.00. The fourth-order valence-corrected chi connectivity index (χ4v) is 2.82. The topological polar surface area (TPSA) is 78.3 Å². The van der Waals surface area contributed by atoms with Crippen molar-refractivity contribution in [2.45, 2.75) is 6.61 Å². The third kappa shape index (κ3) is 2.27. The van der Waals surface area contributed by atoms with E-state index in [-0.39, 0.29) is 0 Å². The lowest BCUT2D eigenvalue weighted by Gasteiger charge is -1.99. The number of rotatable bonds is 3. The third-order valence-corrected chi connectivity index (χ3v) is 3.66. The van der Waals surface area contributed by atoms with Crippen molar-refractivity contribution >= 4 is 33.6 Å². The lowest BCUT2D eigenvalue weighted by molar-refractivity contribution is 0.176. The second-order valence-corrected chi connectivity index (χ2v) is 5.32. The predicted octanol–water partition coefficient (Wildman–Crippen LogP) is 2.23. The van der Waals surface area contributed by atoms with Crippen LogP contribution in [0.1, 0.15) is 5.82 Å². The highest BCUT2D eigenvalue weighted by atomic mass is 35.5. The average Bonchev–Trinajstić information content (AvgIpc) is 2.90. The summed E-state index contributed by atoms with van der Waals surface area (Å²) in [5.41, 5.74) is 7.25. The average molecular weight is 296 g/mol. The van der Waals surface area contributed by atoms with E-state index in [9.17, 15) is 0 Å². The Bertz CT molecular complexity index is 718. The van der Waals surface area contributed by atoms with Crippen molar-refractivity contribution in [1.82, 2.24) is 19.8 Å². The van der Waals surface area contributed by atoms with Crippen molar-refractivity contribution in [3.05, 3.63) is 29.0 Å². The number of hydrogen-bond acceptors (Lipinski definition) is 6. The van der Waals surface area contributed by atoms with Gasteiger partial charge in [0.15, 0.2) is 5.82 Å². The lowest BCUT2D eigenvalue weighted by atomic mass is 10.2. The normalized spacial score (nSPS) is 11.3. The molecule has 0 atom stereocenters. The number of halogens is 1. The Kier molecular flexibility index (Phi) is 3.09.